The molecule has 136 valence electrons. The van der Waals surface area contributed by atoms with Gasteiger partial charge in [-0.25, -0.2) is 8.42 Å². The van der Waals surface area contributed by atoms with Gasteiger partial charge in [-0.15, -0.1) is 16.2 Å². The Hall–Kier alpha value is -1.88. The molecule has 2 N–H and O–H groups in total. The minimum absolute atomic E-state index is 0.00832. The zero-order valence-electron chi connectivity index (χ0n) is 13.7. The van der Waals surface area contributed by atoms with Crippen LogP contribution in [0.3, 0.4) is 0 Å². The van der Waals surface area contributed by atoms with E-state index in [1.54, 1.807) is 12.1 Å². The van der Waals surface area contributed by atoms with Gasteiger partial charge in [-0.3, -0.25) is 10.2 Å². The van der Waals surface area contributed by atoms with Crippen molar-refractivity contribution in [3.05, 3.63) is 39.6 Å². The number of fused-ring (bicyclic) bond motifs is 2. The summed E-state index contributed by atoms with van der Waals surface area (Å²) in [6.45, 7) is 0. The van der Waals surface area contributed by atoms with E-state index in [0.29, 0.717) is 15.9 Å². The summed E-state index contributed by atoms with van der Waals surface area (Å²) in [5, 5.41) is 0. The predicted molar refractivity (Wildman–Crippen MR) is 101 cm³/mol. The highest BCUT2D eigenvalue weighted by Gasteiger charge is 2.22. The van der Waals surface area contributed by atoms with Crippen LogP contribution in [0.15, 0.2) is 29.2 Å². The van der Waals surface area contributed by atoms with Crippen molar-refractivity contribution >= 4 is 50.0 Å². The average molecular weight is 409 g/mol. The molecule has 0 fully saturated rings. The fourth-order valence-electron chi connectivity index (χ4n) is 3.01. The van der Waals surface area contributed by atoms with Gasteiger partial charge in [-0.05, 0) is 49.4 Å². The summed E-state index contributed by atoms with van der Waals surface area (Å²) < 4.78 is 33.1. The molecule has 0 radical (unpaired) electrons. The largest absolute Gasteiger partial charge is 0.276 e. The van der Waals surface area contributed by atoms with Crippen molar-refractivity contribution in [1.82, 2.24) is 19.0 Å². The van der Waals surface area contributed by atoms with Crippen LogP contribution in [0.5, 0.6) is 0 Å². The fraction of sp³-hybridized carbons (Fsp3) is 0.312. The monoisotopic (exact) mass is 408 g/mol. The lowest BCUT2D eigenvalue weighted by molar-refractivity contribution is 0.0949. The second-order valence-electron chi connectivity index (χ2n) is 6.07. The van der Waals surface area contributed by atoms with E-state index in [9.17, 15) is 13.2 Å². The second-order valence-corrected chi connectivity index (χ2v) is 9.38. The quantitative estimate of drug-likeness (QED) is 0.510. The van der Waals surface area contributed by atoms with Gasteiger partial charge in [0.05, 0.1) is 16.6 Å². The van der Waals surface area contributed by atoms with E-state index in [1.165, 1.54) is 34.3 Å². The molecule has 1 aromatic carbocycles. The number of hydrazine groups is 1. The number of carbonyl (C=O) groups excluding carboxylic acids is 1. The minimum atomic E-state index is -3.94. The van der Waals surface area contributed by atoms with E-state index >= 15 is 0 Å². The topological polar surface area (TPSA) is 101 Å². The molecule has 1 aliphatic rings. The molecule has 4 rings (SSSR count). The lowest BCUT2D eigenvalue weighted by Crippen LogP contribution is -2.41. The summed E-state index contributed by atoms with van der Waals surface area (Å²) in [4.78, 5) is 16.3. The van der Waals surface area contributed by atoms with Crippen molar-refractivity contribution in [2.24, 2.45) is 0 Å². The van der Waals surface area contributed by atoms with E-state index in [2.05, 4.69) is 19.0 Å². The molecule has 0 saturated heterocycles. The maximum atomic E-state index is 12.5. The third kappa shape index (κ3) is 3.37. The minimum Gasteiger partial charge on any atom is -0.273 e. The molecule has 3 aromatic rings. The van der Waals surface area contributed by atoms with Crippen molar-refractivity contribution in [3.8, 4) is 0 Å². The van der Waals surface area contributed by atoms with Crippen molar-refractivity contribution in [1.29, 1.82) is 0 Å². The van der Waals surface area contributed by atoms with Crippen LogP contribution in [-0.2, 0) is 22.9 Å². The number of sulfonamides is 1. The first-order valence-corrected chi connectivity index (χ1v) is 11.2. The first kappa shape index (κ1) is 17.5. The molecule has 1 amide bonds. The summed E-state index contributed by atoms with van der Waals surface area (Å²) in [5.74, 6) is -0.449. The van der Waals surface area contributed by atoms with Gasteiger partial charge in [0.15, 0.2) is 0 Å². The van der Waals surface area contributed by atoms with E-state index in [0.717, 1.165) is 37.4 Å². The summed E-state index contributed by atoms with van der Waals surface area (Å²) in [5.41, 5.74) is 4.31. The lowest BCUT2D eigenvalue weighted by Gasteiger charge is -2.07. The highest BCUT2D eigenvalue weighted by molar-refractivity contribution is 7.89. The van der Waals surface area contributed by atoms with Crippen LogP contribution in [0.2, 0.25) is 0 Å². The van der Waals surface area contributed by atoms with Crippen LogP contribution in [0.4, 0.5) is 0 Å². The SMILES string of the molecule is O=C(NNS(=O)(=O)c1cccc2nsnc12)c1cc2c(s1)CCCCC2. The number of hydrogen-bond acceptors (Lipinski definition) is 7. The Labute approximate surface area is 158 Å². The third-order valence-electron chi connectivity index (χ3n) is 4.31. The Balaban J connectivity index is 1.51. The standard InChI is InChI=1S/C16H16N4O3S3/c21-16(13-9-10-5-2-1-3-7-12(10)24-13)17-20-26(22,23)14-8-4-6-11-15(14)19-25-18-11/h4,6,8-9,20H,1-3,5,7H2,(H,17,21). The summed E-state index contributed by atoms with van der Waals surface area (Å²) in [7, 11) is -3.94. The summed E-state index contributed by atoms with van der Waals surface area (Å²) in [6, 6.07) is 6.59. The van der Waals surface area contributed by atoms with Gasteiger partial charge in [0, 0.05) is 4.88 Å². The van der Waals surface area contributed by atoms with Crippen LogP contribution >= 0.6 is 23.1 Å². The van der Waals surface area contributed by atoms with E-state index < -0.39 is 15.9 Å². The van der Waals surface area contributed by atoms with Gasteiger partial charge in [-0.2, -0.15) is 8.75 Å². The molecule has 2 heterocycles. The molecular formula is C16H16N4O3S3. The normalized spacial score (nSPS) is 14.8. The lowest BCUT2D eigenvalue weighted by atomic mass is 10.1. The zero-order valence-corrected chi connectivity index (χ0v) is 16.1. The number of amides is 1. The van der Waals surface area contributed by atoms with Gasteiger partial charge in [0.1, 0.15) is 15.9 Å². The number of carbonyl (C=O) groups is 1. The molecule has 0 bridgehead atoms. The van der Waals surface area contributed by atoms with Crippen LogP contribution in [0.25, 0.3) is 11.0 Å². The van der Waals surface area contributed by atoms with Gasteiger partial charge in [-0.1, -0.05) is 12.5 Å². The van der Waals surface area contributed by atoms with Crippen LogP contribution in [-0.4, -0.2) is 23.1 Å². The molecule has 10 heteroatoms. The third-order valence-corrected chi connectivity index (χ3v) is 7.37. The van der Waals surface area contributed by atoms with Crippen molar-refractivity contribution in [2.45, 2.75) is 37.0 Å². The van der Waals surface area contributed by atoms with Gasteiger partial charge in [0.2, 0.25) is 0 Å². The summed E-state index contributed by atoms with van der Waals surface area (Å²) >= 11 is 2.38. The molecule has 26 heavy (non-hydrogen) atoms. The molecule has 0 unspecified atom stereocenters. The molecule has 0 aliphatic heterocycles. The number of rotatable bonds is 4. The van der Waals surface area contributed by atoms with E-state index in [-0.39, 0.29) is 4.90 Å². The molecular weight excluding hydrogens is 392 g/mol. The smallest absolute Gasteiger partial charge is 0.273 e. The van der Waals surface area contributed by atoms with Crippen LogP contribution in [0, 0.1) is 0 Å². The number of aromatic nitrogens is 2. The molecule has 2 aromatic heterocycles. The molecule has 0 saturated carbocycles. The highest BCUT2D eigenvalue weighted by Crippen LogP contribution is 2.29. The van der Waals surface area contributed by atoms with Crippen molar-refractivity contribution in [2.75, 3.05) is 0 Å². The van der Waals surface area contributed by atoms with E-state index in [1.807, 2.05) is 6.07 Å². The second kappa shape index (κ2) is 7.03. The maximum absolute atomic E-state index is 12.5. The highest BCUT2D eigenvalue weighted by atomic mass is 32.2. The van der Waals surface area contributed by atoms with Crippen LogP contribution in [0.1, 0.15) is 39.4 Å². The maximum Gasteiger partial charge on any atom is 0.276 e. The predicted octanol–water partition coefficient (Wildman–Crippen LogP) is 2.65. The first-order valence-electron chi connectivity index (χ1n) is 8.19. The van der Waals surface area contributed by atoms with Gasteiger partial charge >= 0.3 is 0 Å². The fourth-order valence-corrected chi connectivity index (χ4v) is 5.76. The van der Waals surface area contributed by atoms with Crippen LogP contribution < -0.4 is 10.3 Å². The van der Waals surface area contributed by atoms with Gasteiger partial charge < -0.3 is 0 Å². The Morgan fingerprint density at radius 3 is 2.85 bits per heavy atom. The number of benzene rings is 1. The summed E-state index contributed by atoms with van der Waals surface area (Å²) in [6.07, 6.45) is 5.43. The number of nitrogens with one attached hydrogen (secondary N) is 2. The average Bonchev–Trinajstić information content (AvgIpc) is 3.21. The number of hydrogen-bond donors (Lipinski definition) is 2. The van der Waals surface area contributed by atoms with Crippen molar-refractivity contribution < 1.29 is 13.2 Å². The number of aryl methyl sites for hydroxylation is 2. The zero-order chi connectivity index (χ0) is 18.1. The Bertz CT molecular complexity index is 1050. The Morgan fingerprint density at radius 1 is 1.12 bits per heavy atom. The van der Waals surface area contributed by atoms with Crippen molar-refractivity contribution in [3.63, 3.8) is 0 Å². The number of thiophene rings is 1. The Morgan fingerprint density at radius 2 is 1.96 bits per heavy atom. The molecule has 0 atom stereocenters. The molecule has 0 spiro atoms. The van der Waals surface area contributed by atoms with Gasteiger partial charge in [0.25, 0.3) is 15.9 Å². The Kier molecular flexibility index (Phi) is 4.74. The molecule has 7 nitrogen and oxygen atoms in total. The van der Waals surface area contributed by atoms with E-state index in [4.69, 9.17) is 0 Å². The first-order chi connectivity index (χ1) is 12.5. The number of nitrogens with zero attached hydrogens (tertiary/aromatic N) is 2. The molecule has 1 aliphatic carbocycles.